The molecule has 6 rings (SSSR count). The Morgan fingerprint density at radius 3 is 2.88 bits per heavy atom. The summed E-state index contributed by atoms with van der Waals surface area (Å²) in [6.07, 6.45) is 4.66. The highest BCUT2D eigenvalue weighted by molar-refractivity contribution is 7.10. The van der Waals surface area contributed by atoms with Crippen LogP contribution < -0.4 is 0 Å². The molecule has 0 N–H and O–H groups in total. The predicted molar refractivity (Wildman–Crippen MR) is 98.0 cm³/mol. The smallest absolute Gasteiger partial charge is 0.236 e. The van der Waals surface area contributed by atoms with Gasteiger partial charge in [-0.3, -0.25) is 0 Å². The summed E-state index contributed by atoms with van der Waals surface area (Å²) in [6, 6.07) is 0. The van der Waals surface area contributed by atoms with Crippen molar-refractivity contribution in [2.75, 3.05) is 0 Å². The van der Waals surface area contributed by atoms with Crippen LogP contribution in [0.15, 0.2) is 11.0 Å². The lowest BCUT2D eigenvalue weighted by molar-refractivity contribution is -0.553. The van der Waals surface area contributed by atoms with Gasteiger partial charge in [0, 0.05) is 23.6 Å². The first-order valence-corrected chi connectivity index (χ1v) is 10.7. The Kier molecular flexibility index (Phi) is 3.81. The molecule has 5 aliphatic rings. The highest BCUT2D eigenvalue weighted by Gasteiger charge is 2.68. The zero-order chi connectivity index (χ0) is 18.1. The summed E-state index contributed by atoms with van der Waals surface area (Å²) >= 11 is 1.66. The molecule has 6 atom stereocenters. The number of hydrogen-bond acceptors (Lipinski definition) is 6. The van der Waals surface area contributed by atoms with Gasteiger partial charge in [0.25, 0.3) is 0 Å². The Hall–Kier alpha value is -0.950. The van der Waals surface area contributed by atoms with Crippen LogP contribution in [0.25, 0.3) is 5.76 Å². The number of ether oxygens (including phenoxy) is 2. The number of aromatic nitrogens is 1. The minimum absolute atomic E-state index is 0.245. The number of nitrogens with zero attached hydrogens (tertiary/aromatic N) is 1. The maximum absolute atomic E-state index is 6.50. The van der Waals surface area contributed by atoms with Crippen molar-refractivity contribution in [1.29, 1.82) is 0 Å². The number of aryl methyl sites for hydroxylation is 1. The monoisotopic (exact) mass is 377 g/mol. The topological polar surface area (TPSA) is 49.8 Å². The van der Waals surface area contributed by atoms with Crippen molar-refractivity contribution in [2.24, 2.45) is 17.8 Å². The lowest BCUT2D eigenvalue weighted by Gasteiger charge is -2.57. The zero-order valence-corrected chi connectivity index (χ0v) is 16.7. The van der Waals surface area contributed by atoms with E-state index >= 15 is 0 Å². The molecule has 1 aromatic rings. The minimum atomic E-state index is -0.731. The molecule has 4 aliphatic heterocycles. The molecule has 142 valence electrons. The molecule has 3 saturated heterocycles. The third-order valence-corrected chi connectivity index (χ3v) is 7.82. The van der Waals surface area contributed by atoms with Gasteiger partial charge in [-0.15, -0.1) is 11.3 Å². The summed E-state index contributed by atoms with van der Waals surface area (Å²) in [6.45, 7) is 8.60. The largest absolute Gasteiger partial charge is 0.458 e. The van der Waals surface area contributed by atoms with E-state index in [1.807, 2.05) is 6.92 Å². The fourth-order valence-electron chi connectivity index (χ4n) is 5.41. The van der Waals surface area contributed by atoms with Crippen LogP contribution in [0.3, 0.4) is 0 Å². The van der Waals surface area contributed by atoms with Crippen LogP contribution in [0, 0.1) is 17.8 Å². The molecule has 0 unspecified atom stereocenters. The first-order valence-electron chi connectivity index (χ1n) is 9.83. The van der Waals surface area contributed by atoms with Crippen molar-refractivity contribution in [3.8, 4) is 0 Å². The van der Waals surface area contributed by atoms with Gasteiger partial charge in [0.2, 0.25) is 12.1 Å². The van der Waals surface area contributed by atoms with E-state index in [0.29, 0.717) is 11.8 Å². The summed E-state index contributed by atoms with van der Waals surface area (Å²) in [5.74, 6) is 1.36. The van der Waals surface area contributed by atoms with Crippen molar-refractivity contribution >= 4 is 17.1 Å². The van der Waals surface area contributed by atoms with Crippen molar-refractivity contribution < 1.29 is 19.2 Å². The quantitative estimate of drug-likeness (QED) is 0.700. The van der Waals surface area contributed by atoms with Crippen LogP contribution in [0.1, 0.15) is 64.1 Å². The molecule has 4 fully saturated rings. The van der Waals surface area contributed by atoms with E-state index in [2.05, 4.69) is 26.2 Å². The zero-order valence-electron chi connectivity index (χ0n) is 15.9. The van der Waals surface area contributed by atoms with E-state index in [9.17, 15) is 0 Å². The van der Waals surface area contributed by atoms with Crippen molar-refractivity contribution in [1.82, 2.24) is 4.98 Å². The minimum Gasteiger partial charge on any atom is -0.458 e. The van der Waals surface area contributed by atoms with E-state index < -0.39 is 17.7 Å². The molecule has 6 heteroatoms. The van der Waals surface area contributed by atoms with Gasteiger partial charge in [-0.05, 0) is 51.0 Å². The third-order valence-electron chi connectivity index (χ3n) is 6.93. The van der Waals surface area contributed by atoms with Gasteiger partial charge < -0.3 is 9.47 Å². The number of thiazole rings is 1. The molecule has 5 nitrogen and oxygen atoms in total. The van der Waals surface area contributed by atoms with Gasteiger partial charge in [-0.25, -0.2) is 14.8 Å². The summed E-state index contributed by atoms with van der Waals surface area (Å²) in [7, 11) is 0. The highest BCUT2D eigenvalue weighted by atomic mass is 32.1. The second-order valence-corrected chi connectivity index (χ2v) is 9.34. The van der Waals surface area contributed by atoms with Crippen molar-refractivity contribution in [3.63, 3.8) is 0 Å². The van der Waals surface area contributed by atoms with Crippen LogP contribution in [0.5, 0.6) is 0 Å². The third kappa shape index (κ3) is 2.22. The lowest BCUT2D eigenvalue weighted by atomic mass is 9.59. The molecular weight excluding hydrogens is 350 g/mol. The van der Waals surface area contributed by atoms with Crippen molar-refractivity contribution in [3.05, 3.63) is 21.7 Å². The van der Waals surface area contributed by atoms with E-state index in [1.54, 1.807) is 11.3 Å². The predicted octanol–water partition coefficient (Wildman–Crippen LogP) is 4.68. The van der Waals surface area contributed by atoms with Gasteiger partial charge in [0.15, 0.2) is 16.4 Å². The first kappa shape index (κ1) is 17.2. The second kappa shape index (κ2) is 5.77. The molecule has 1 aromatic heterocycles. The van der Waals surface area contributed by atoms with E-state index in [1.165, 1.54) is 12.0 Å². The Morgan fingerprint density at radius 1 is 1.27 bits per heavy atom. The Morgan fingerprint density at radius 2 is 2.12 bits per heavy atom. The summed E-state index contributed by atoms with van der Waals surface area (Å²) in [5, 5.41) is 3.08. The van der Waals surface area contributed by atoms with Crippen LogP contribution >= 0.6 is 11.3 Å². The maximum atomic E-state index is 6.50. The molecule has 2 bridgehead atoms. The Balaban J connectivity index is 1.63. The Bertz CT molecular complexity index is 761. The lowest BCUT2D eigenvalue weighted by Crippen LogP contribution is -2.66. The van der Waals surface area contributed by atoms with E-state index in [4.69, 9.17) is 24.2 Å². The molecule has 0 amide bonds. The van der Waals surface area contributed by atoms with Gasteiger partial charge in [0.1, 0.15) is 0 Å². The van der Waals surface area contributed by atoms with Gasteiger partial charge in [-0.1, -0.05) is 13.8 Å². The summed E-state index contributed by atoms with van der Waals surface area (Å²) in [4.78, 5) is 16.8. The van der Waals surface area contributed by atoms with Gasteiger partial charge in [0.05, 0.1) is 5.69 Å². The van der Waals surface area contributed by atoms with Crippen LogP contribution in [-0.4, -0.2) is 22.7 Å². The second-order valence-electron chi connectivity index (χ2n) is 8.48. The van der Waals surface area contributed by atoms with Crippen molar-refractivity contribution in [2.45, 2.75) is 77.5 Å². The molecule has 0 aromatic carbocycles. The Labute approximate surface area is 158 Å². The molecule has 1 aliphatic carbocycles. The number of fused-ring (bicyclic) bond motifs is 2. The fourth-order valence-corrected chi connectivity index (χ4v) is 6.36. The first-order chi connectivity index (χ1) is 12.5. The van der Waals surface area contributed by atoms with Crippen LogP contribution in [0.4, 0.5) is 0 Å². The average molecular weight is 378 g/mol. The molecule has 1 spiro atoms. The van der Waals surface area contributed by atoms with Gasteiger partial charge >= 0.3 is 0 Å². The summed E-state index contributed by atoms with van der Waals surface area (Å²) < 4.78 is 12.9. The number of hydrogen-bond donors (Lipinski definition) is 0. The standard InChI is InChI=1S/C20H27NO4S/c1-5-13-10-26-17(21-13)16-12(3)15-7-6-11(2)14-8-9-19(4)23-18(22-16)20(14,15)25-24-19/h10-11,14-15,18H,5-9H2,1-4H3/t11-,14+,15+,18-,19-,20-/m1/s1. The maximum Gasteiger partial charge on any atom is 0.236 e. The SMILES string of the molecule is CCc1csc(C2=C(C)[C@@H]3CC[C@@H](C)[C@@H]4CC[C@@]5(C)OO[C@@]34[C@H](O2)O5)n1. The van der Waals surface area contributed by atoms with Gasteiger partial charge in [-0.2, -0.15) is 0 Å². The normalized spacial score (nSPS) is 44.5. The van der Waals surface area contributed by atoms with E-state index in [0.717, 1.165) is 42.1 Å². The molecule has 26 heavy (non-hydrogen) atoms. The summed E-state index contributed by atoms with van der Waals surface area (Å²) in [5.41, 5.74) is 1.80. The van der Waals surface area contributed by atoms with Crippen LogP contribution in [-0.2, 0) is 25.7 Å². The molecule has 5 heterocycles. The molecule has 0 radical (unpaired) electrons. The fraction of sp³-hybridized carbons (Fsp3) is 0.750. The van der Waals surface area contributed by atoms with Crippen LogP contribution in [0.2, 0.25) is 0 Å². The highest BCUT2D eigenvalue weighted by Crippen LogP contribution is 2.61. The number of rotatable bonds is 2. The molecular formula is C20H27NO4S. The average Bonchev–Trinajstić information content (AvgIpc) is 2.99. The molecule has 1 saturated carbocycles. The van der Waals surface area contributed by atoms with E-state index in [-0.39, 0.29) is 5.92 Å².